The van der Waals surface area contributed by atoms with Crippen molar-refractivity contribution >= 4 is 17.7 Å². The molecule has 0 saturated carbocycles. The first kappa shape index (κ1) is 17.5. The maximum atomic E-state index is 11.1. The van der Waals surface area contributed by atoms with Gasteiger partial charge in [0.15, 0.2) is 0 Å². The van der Waals surface area contributed by atoms with Crippen LogP contribution in [-0.4, -0.2) is 35.8 Å². The van der Waals surface area contributed by atoms with Gasteiger partial charge in [0, 0.05) is 12.2 Å². The van der Waals surface area contributed by atoms with Crippen LogP contribution in [0.3, 0.4) is 0 Å². The molecule has 0 aromatic heterocycles. The van der Waals surface area contributed by atoms with E-state index >= 15 is 0 Å². The van der Waals surface area contributed by atoms with E-state index in [2.05, 4.69) is 6.58 Å². The lowest BCUT2D eigenvalue weighted by Gasteiger charge is -2.04. The van der Waals surface area contributed by atoms with E-state index < -0.39 is 0 Å². The van der Waals surface area contributed by atoms with Gasteiger partial charge in [0.2, 0.25) is 0 Å². The number of esters is 1. The topological polar surface area (TPSA) is 46.5 Å². The third-order valence-electron chi connectivity index (χ3n) is 2.46. The number of ether oxygens (including phenoxy) is 1. The van der Waals surface area contributed by atoms with Crippen LogP contribution in [0.25, 0.3) is 0 Å². The molecule has 0 radical (unpaired) electrons. The Morgan fingerprint density at radius 1 is 1.11 bits per heavy atom. The highest BCUT2D eigenvalue weighted by atomic mass is 32.2. The van der Waals surface area contributed by atoms with Crippen molar-refractivity contribution in [3.05, 3.63) is 12.2 Å². The van der Waals surface area contributed by atoms with Crippen LogP contribution in [0.1, 0.15) is 45.4 Å². The molecule has 0 aliphatic heterocycles. The van der Waals surface area contributed by atoms with Crippen LogP contribution in [0, 0.1) is 0 Å². The van der Waals surface area contributed by atoms with Gasteiger partial charge < -0.3 is 9.84 Å². The van der Waals surface area contributed by atoms with Crippen LogP contribution in [0.15, 0.2) is 12.2 Å². The minimum Gasteiger partial charge on any atom is -0.462 e. The van der Waals surface area contributed by atoms with Gasteiger partial charge in [0.25, 0.3) is 0 Å². The van der Waals surface area contributed by atoms with E-state index in [1.54, 1.807) is 6.92 Å². The quantitative estimate of drug-likeness (QED) is 0.337. The van der Waals surface area contributed by atoms with Gasteiger partial charge in [-0.1, -0.05) is 13.0 Å². The van der Waals surface area contributed by atoms with E-state index in [-0.39, 0.29) is 5.97 Å². The maximum absolute atomic E-state index is 11.1. The molecule has 0 unspecified atom stereocenters. The lowest BCUT2D eigenvalue weighted by atomic mass is 10.3. The van der Waals surface area contributed by atoms with Gasteiger partial charge in [-0.15, -0.1) is 0 Å². The zero-order chi connectivity index (χ0) is 13.6. The van der Waals surface area contributed by atoms with Crippen LogP contribution in [0.5, 0.6) is 0 Å². The number of aliphatic hydroxyl groups is 1. The molecule has 0 fully saturated rings. The highest BCUT2D eigenvalue weighted by Crippen LogP contribution is 2.10. The Kier molecular flexibility index (Phi) is 12.6. The molecule has 0 atom stereocenters. The summed E-state index contributed by atoms with van der Waals surface area (Å²) in [5.74, 6) is 2.08. The predicted octanol–water partition coefficient (Wildman–Crippen LogP) is 3.17. The van der Waals surface area contributed by atoms with Gasteiger partial charge >= 0.3 is 5.97 Å². The lowest BCUT2D eigenvalue weighted by molar-refractivity contribution is -0.139. The van der Waals surface area contributed by atoms with Crippen LogP contribution < -0.4 is 0 Å². The fourth-order valence-corrected chi connectivity index (χ4v) is 2.39. The van der Waals surface area contributed by atoms with E-state index in [4.69, 9.17) is 9.84 Å². The molecule has 0 saturated heterocycles. The van der Waals surface area contributed by atoms with E-state index in [9.17, 15) is 4.79 Å². The SMILES string of the molecule is C=C(C)C(=O)OCCCCCSCCCCCO. The highest BCUT2D eigenvalue weighted by molar-refractivity contribution is 7.99. The summed E-state index contributed by atoms with van der Waals surface area (Å²) in [5.41, 5.74) is 0.466. The van der Waals surface area contributed by atoms with Crippen molar-refractivity contribution in [2.75, 3.05) is 24.7 Å². The second-order valence-electron chi connectivity index (χ2n) is 4.37. The minimum absolute atomic E-state index is 0.284. The number of aliphatic hydroxyl groups excluding tert-OH is 1. The third kappa shape index (κ3) is 12.0. The number of carbonyl (C=O) groups is 1. The van der Waals surface area contributed by atoms with Crippen molar-refractivity contribution in [3.8, 4) is 0 Å². The number of carbonyl (C=O) groups excluding carboxylic acids is 1. The molecule has 1 N–H and O–H groups in total. The average Bonchev–Trinajstić information content (AvgIpc) is 2.35. The first-order valence-corrected chi connectivity index (χ1v) is 7.85. The van der Waals surface area contributed by atoms with Gasteiger partial charge in [0.05, 0.1) is 6.61 Å². The molecule has 0 spiro atoms. The Morgan fingerprint density at radius 2 is 1.72 bits per heavy atom. The van der Waals surface area contributed by atoms with Crippen molar-refractivity contribution in [3.63, 3.8) is 0 Å². The predicted molar refractivity (Wildman–Crippen MR) is 77.9 cm³/mol. The summed E-state index contributed by atoms with van der Waals surface area (Å²) in [6.07, 6.45) is 6.46. The number of thioether (sulfide) groups is 1. The van der Waals surface area contributed by atoms with E-state index in [0.29, 0.717) is 18.8 Å². The summed E-state index contributed by atoms with van der Waals surface area (Å²) in [6, 6.07) is 0. The fraction of sp³-hybridized carbons (Fsp3) is 0.786. The summed E-state index contributed by atoms with van der Waals surface area (Å²) in [7, 11) is 0. The Balaban J connectivity index is 3.07. The van der Waals surface area contributed by atoms with Crippen molar-refractivity contribution in [2.24, 2.45) is 0 Å². The van der Waals surface area contributed by atoms with Gasteiger partial charge in [-0.3, -0.25) is 0 Å². The molecule has 18 heavy (non-hydrogen) atoms. The van der Waals surface area contributed by atoms with Crippen LogP contribution in [-0.2, 0) is 9.53 Å². The molecule has 106 valence electrons. The first-order chi connectivity index (χ1) is 8.68. The van der Waals surface area contributed by atoms with Crippen molar-refractivity contribution in [2.45, 2.75) is 45.4 Å². The summed E-state index contributed by atoms with van der Waals surface area (Å²) in [4.78, 5) is 11.1. The average molecular weight is 274 g/mol. The smallest absolute Gasteiger partial charge is 0.333 e. The molecule has 4 heteroatoms. The molecule has 0 aromatic rings. The van der Waals surface area contributed by atoms with Crippen molar-refractivity contribution < 1.29 is 14.6 Å². The molecular formula is C14H26O3S. The highest BCUT2D eigenvalue weighted by Gasteiger charge is 2.01. The molecule has 0 bridgehead atoms. The normalized spacial score (nSPS) is 10.3. The Hall–Kier alpha value is -0.480. The molecule has 0 rings (SSSR count). The molecule has 0 heterocycles. The molecule has 0 aromatic carbocycles. The van der Waals surface area contributed by atoms with Crippen molar-refractivity contribution in [1.29, 1.82) is 0 Å². The summed E-state index contributed by atoms with van der Waals surface area (Å²) < 4.78 is 5.01. The van der Waals surface area contributed by atoms with Crippen LogP contribution >= 0.6 is 11.8 Å². The Labute approximate surface area is 115 Å². The summed E-state index contributed by atoms with van der Waals surface area (Å²) in [6.45, 7) is 6.01. The molecule has 0 amide bonds. The van der Waals surface area contributed by atoms with Crippen LogP contribution in [0.2, 0.25) is 0 Å². The summed E-state index contributed by atoms with van der Waals surface area (Å²) in [5, 5.41) is 8.61. The standard InChI is InChI=1S/C14H26O3S/c1-13(2)14(16)17-10-6-4-8-12-18-11-7-3-5-9-15/h15H,1,3-12H2,2H3. The number of hydrogen-bond acceptors (Lipinski definition) is 4. The minimum atomic E-state index is -0.284. The first-order valence-electron chi connectivity index (χ1n) is 6.69. The Bertz CT molecular complexity index is 229. The van der Waals surface area contributed by atoms with Gasteiger partial charge in [-0.05, 0) is 50.5 Å². The monoisotopic (exact) mass is 274 g/mol. The zero-order valence-electron chi connectivity index (χ0n) is 11.5. The number of hydrogen-bond donors (Lipinski definition) is 1. The Morgan fingerprint density at radius 3 is 2.28 bits per heavy atom. The second kappa shape index (κ2) is 13.0. The molecule has 0 aliphatic rings. The fourth-order valence-electron chi connectivity index (χ4n) is 1.37. The largest absolute Gasteiger partial charge is 0.462 e. The number of unbranched alkanes of at least 4 members (excludes halogenated alkanes) is 4. The maximum Gasteiger partial charge on any atom is 0.333 e. The van der Waals surface area contributed by atoms with Crippen molar-refractivity contribution in [1.82, 2.24) is 0 Å². The lowest BCUT2D eigenvalue weighted by Crippen LogP contribution is -2.06. The molecule has 0 aliphatic carbocycles. The molecular weight excluding hydrogens is 248 g/mol. The van der Waals surface area contributed by atoms with Gasteiger partial charge in [-0.25, -0.2) is 4.79 Å². The van der Waals surface area contributed by atoms with E-state index in [1.165, 1.54) is 24.3 Å². The summed E-state index contributed by atoms with van der Waals surface area (Å²) >= 11 is 1.97. The van der Waals surface area contributed by atoms with Gasteiger partial charge in [-0.2, -0.15) is 11.8 Å². The second-order valence-corrected chi connectivity index (χ2v) is 5.60. The third-order valence-corrected chi connectivity index (χ3v) is 3.62. The van der Waals surface area contributed by atoms with Gasteiger partial charge in [0.1, 0.15) is 0 Å². The van der Waals surface area contributed by atoms with Crippen LogP contribution in [0.4, 0.5) is 0 Å². The van der Waals surface area contributed by atoms with E-state index in [0.717, 1.165) is 25.7 Å². The zero-order valence-corrected chi connectivity index (χ0v) is 12.3. The molecule has 3 nitrogen and oxygen atoms in total. The number of rotatable bonds is 12. The van der Waals surface area contributed by atoms with E-state index in [1.807, 2.05) is 11.8 Å².